The van der Waals surface area contributed by atoms with E-state index < -0.39 is 0 Å². The zero-order chi connectivity index (χ0) is 19.9. The van der Waals surface area contributed by atoms with Crippen LogP contribution in [-0.2, 0) is 29.0 Å². The van der Waals surface area contributed by atoms with E-state index in [0.29, 0.717) is 45.4 Å². The summed E-state index contributed by atoms with van der Waals surface area (Å²) in [5, 5.41) is 0. The summed E-state index contributed by atoms with van der Waals surface area (Å²) < 4.78 is 11.0. The molecule has 0 radical (unpaired) electrons. The lowest BCUT2D eigenvalue weighted by atomic mass is 10.0. The molecule has 1 aliphatic rings. The second-order valence-electron chi connectivity index (χ2n) is 6.92. The second-order valence-corrected chi connectivity index (χ2v) is 6.92. The molecule has 0 bridgehead atoms. The predicted octanol–water partition coefficient (Wildman–Crippen LogP) is 2.47. The minimum atomic E-state index is -0.318. The Hall–Kier alpha value is -3.02. The van der Waals surface area contributed by atoms with Crippen molar-refractivity contribution in [3.05, 3.63) is 59.2 Å². The molecule has 0 fully saturated rings. The fraction of sp³-hybridized carbons (Fsp3) is 0.364. The Morgan fingerprint density at radius 3 is 2.50 bits per heavy atom. The van der Waals surface area contributed by atoms with E-state index in [0.717, 1.165) is 28.2 Å². The van der Waals surface area contributed by atoms with Crippen LogP contribution in [0.2, 0.25) is 0 Å². The van der Waals surface area contributed by atoms with Crippen molar-refractivity contribution < 1.29 is 19.1 Å². The molecule has 28 heavy (non-hydrogen) atoms. The van der Waals surface area contributed by atoms with Gasteiger partial charge in [0.15, 0.2) is 0 Å². The summed E-state index contributed by atoms with van der Waals surface area (Å²) in [7, 11) is 1.64. The Labute approximate surface area is 165 Å². The Morgan fingerprint density at radius 1 is 1.07 bits per heavy atom. The van der Waals surface area contributed by atoms with E-state index in [1.54, 1.807) is 7.11 Å². The first-order valence-electron chi connectivity index (χ1n) is 9.49. The lowest BCUT2D eigenvalue weighted by molar-refractivity contribution is -0.131. The number of aryl methyl sites for hydroxylation is 2. The monoisotopic (exact) mass is 382 g/mol. The average molecular weight is 382 g/mol. The summed E-state index contributed by atoms with van der Waals surface area (Å²) in [4.78, 5) is 25.6. The van der Waals surface area contributed by atoms with Crippen LogP contribution in [-0.4, -0.2) is 37.0 Å². The number of primary amides is 1. The molecule has 0 aromatic heterocycles. The second kappa shape index (κ2) is 9.26. The van der Waals surface area contributed by atoms with Crippen molar-refractivity contribution in [2.75, 3.05) is 20.3 Å². The number of fused-ring (bicyclic) bond motifs is 1. The topological polar surface area (TPSA) is 81.9 Å². The molecule has 2 amide bonds. The van der Waals surface area contributed by atoms with Gasteiger partial charge in [-0.1, -0.05) is 24.3 Å². The first-order chi connectivity index (χ1) is 13.5. The highest BCUT2D eigenvalue weighted by atomic mass is 16.5. The normalized spacial score (nSPS) is 13.2. The van der Waals surface area contributed by atoms with Crippen LogP contribution in [0.4, 0.5) is 0 Å². The Bertz CT molecular complexity index is 833. The van der Waals surface area contributed by atoms with Gasteiger partial charge in [-0.25, -0.2) is 0 Å². The van der Waals surface area contributed by atoms with Gasteiger partial charge in [0, 0.05) is 24.9 Å². The molecule has 0 saturated carbocycles. The third-order valence-electron chi connectivity index (χ3n) is 4.90. The van der Waals surface area contributed by atoms with Gasteiger partial charge in [-0.3, -0.25) is 9.59 Å². The number of rotatable bonds is 7. The zero-order valence-electron chi connectivity index (χ0n) is 16.1. The van der Waals surface area contributed by atoms with Crippen LogP contribution in [0.25, 0.3) is 0 Å². The smallest absolute Gasteiger partial charge is 0.223 e. The van der Waals surface area contributed by atoms with Crippen molar-refractivity contribution in [2.45, 2.75) is 32.2 Å². The van der Waals surface area contributed by atoms with Crippen LogP contribution in [0.1, 0.15) is 29.5 Å². The minimum absolute atomic E-state index is 0.106. The number of carbonyl (C=O) groups is 2. The van der Waals surface area contributed by atoms with Gasteiger partial charge in [0.25, 0.3) is 0 Å². The van der Waals surface area contributed by atoms with Gasteiger partial charge in [0.2, 0.25) is 11.8 Å². The van der Waals surface area contributed by atoms with Crippen molar-refractivity contribution in [1.82, 2.24) is 4.90 Å². The SMILES string of the molecule is COc1ccc(CCC(=O)N2CCOc3ccc(CCC(N)=O)cc3C2)cc1. The van der Waals surface area contributed by atoms with Crippen LogP contribution < -0.4 is 15.2 Å². The highest BCUT2D eigenvalue weighted by Crippen LogP contribution is 2.25. The zero-order valence-corrected chi connectivity index (χ0v) is 16.1. The fourth-order valence-corrected chi connectivity index (χ4v) is 3.29. The molecule has 0 unspecified atom stereocenters. The van der Waals surface area contributed by atoms with Crippen LogP contribution in [0.15, 0.2) is 42.5 Å². The third-order valence-corrected chi connectivity index (χ3v) is 4.90. The molecule has 2 N–H and O–H groups in total. The van der Waals surface area contributed by atoms with Crippen LogP contribution >= 0.6 is 0 Å². The predicted molar refractivity (Wildman–Crippen MR) is 106 cm³/mol. The number of carbonyl (C=O) groups excluding carboxylic acids is 2. The van der Waals surface area contributed by atoms with Crippen molar-refractivity contribution in [3.63, 3.8) is 0 Å². The molecular formula is C22H26N2O4. The molecule has 0 spiro atoms. The largest absolute Gasteiger partial charge is 0.497 e. The number of ether oxygens (including phenoxy) is 2. The molecule has 0 aliphatic carbocycles. The van der Waals surface area contributed by atoms with Gasteiger partial charge in [-0.2, -0.15) is 0 Å². The van der Waals surface area contributed by atoms with Gasteiger partial charge >= 0.3 is 0 Å². The van der Waals surface area contributed by atoms with Gasteiger partial charge in [-0.05, 0) is 42.2 Å². The standard InChI is InChI=1S/C22H26N2O4/c1-27-19-7-2-16(3-8-19)6-11-22(26)24-12-13-28-20-9-4-17(5-10-21(23)25)14-18(20)15-24/h2-4,7-9,14H,5-6,10-13,15H2,1H3,(H2,23,25). The lowest BCUT2D eigenvalue weighted by Crippen LogP contribution is -2.32. The number of hydrogen-bond acceptors (Lipinski definition) is 4. The molecule has 6 heteroatoms. The maximum absolute atomic E-state index is 12.7. The Kier molecular flexibility index (Phi) is 6.53. The summed E-state index contributed by atoms with van der Waals surface area (Å²) in [5.74, 6) is 1.40. The van der Waals surface area contributed by atoms with Crippen molar-refractivity contribution in [1.29, 1.82) is 0 Å². The van der Waals surface area contributed by atoms with E-state index >= 15 is 0 Å². The van der Waals surface area contributed by atoms with Crippen LogP contribution in [0.3, 0.4) is 0 Å². The Balaban J connectivity index is 1.62. The van der Waals surface area contributed by atoms with E-state index in [9.17, 15) is 9.59 Å². The number of methoxy groups -OCH3 is 1. The van der Waals surface area contributed by atoms with Gasteiger partial charge in [0.1, 0.15) is 18.1 Å². The van der Waals surface area contributed by atoms with E-state index in [-0.39, 0.29) is 11.8 Å². The van der Waals surface area contributed by atoms with Crippen LogP contribution in [0, 0.1) is 0 Å². The van der Waals surface area contributed by atoms with E-state index in [1.807, 2.05) is 47.4 Å². The highest BCUT2D eigenvalue weighted by Gasteiger charge is 2.20. The van der Waals surface area contributed by atoms with Crippen molar-refractivity contribution in [3.8, 4) is 11.5 Å². The third kappa shape index (κ3) is 5.25. The Morgan fingerprint density at radius 2 is 1.79 bits per heavy atom. The molecule has 3 rings (SSSR count). The summed E-state index contributed by atoms with van der Waals surface area (Å²) in [5.41, 5.74) is 8.34. The molecule has 0 atom stereocenters. The molecule has 1 heterocycles. The number of amides is 2. The summed E-state index contributed by atoms with van der Waals surface area (Å²) in [6, 6.07) is 13.6. The van der Waals surface area contributed by atoms with Crippen molar-refractivity contribution in [2.24, 2.45) is 5.73 Å². The molecular weight excluding hydrogens is 356 g/mol. The van der Waals surface area contributed by atoms with Gasteiger partial charge < -0.3 is 20.1 Å². The molecule has 0 saturated heterocycles. The number of benzene rings is 2. The fourth-order valence-electron chi connectivity index (χ4n) is 3.29. The van der Waals surface area contributed by atoms with E-state index in [2.05, 4.69) is 0 Å². The molecule has 2 aromatic carbocycles. The molecule has 1 aliphatic heterocycles. The lowest BCUT2D eigenvalue weighted by Gasteiger charge is -2.20. The van der Waals surface area contributed by atoms with E-state index in [4.69, 9.17) is 15.2 Å². The number of nitrogens with zero attached hydrogens (tertiary/aromatic N) is 1. The molecule has 148 valence electrons. The first-order valence-corrected chi connectivity index (χ1v) is 9.49. The van der Waals surface area contributed by atoms with E-state index in [1.165, 1.54) is 0 Å². The summed E-state index contributed by atoms with van der Waals surface area (Å²) in [6.45, 7) is 1.55. The first kappa shape index (κ1) is 19.7. The molecule has 6 nitrogen and oxygen atoms in total. The minimum Gasteiger partial charge on any atom is -0.497 e. The maximum Gasteiger partial charge on any atom is 0.223 e. The quantitative estimate of drug-likeness (QED) is 0.798. The van der Waals surface area contributed by atoms with Gasteiger partial charge in [0.05, 0.1) is 13.7 Å². The number of nitrogens with two attached hydrogens (primary N) is 1. The van der Waals surface area contributed by atoms with Crippen molar-refractivity contribution >= 4 is 11.8 Å². The molecule has 2 aromatic rings. The highest BCUT2D eigenvalue weighted by molar-refractivity contribution is 5.76. The number of hydrogen-bond donors (Lipinski definition) is 1. The summed E-state index contributed by atoms with van der Waals surface area (Å²) >= 11 is 0. The summed E-state index contributed by atoms with van der Waals surface area (Å²) in [6.07, 6.45) is 2.03. The van der Waals surface area contributed by atoms with Crippen LogP contribution in [0.5, 0.6) is 11.5 Å². The maximum atomic E-state index is 12.7. The average Bonchev–Trinajstić information content (AvgIpc) is 2.92. The van der Waals surface area contributed by atoms with Gasteiger partial charge in [-0.15, -0.1) is 0 Å².